The Morgan fingerprint density at radius 1 is 1.42 bits per heavy atom. The molecule has 0 aromatic rings. The molecule has 0 aromatic carbocycles. The largest absolute Gasteiger partial charge is 0.382 e. The summed E-state index contributed by atoms with van der Waals surface area (Å²) in [7, 11) is 13.2. The first-order valence-corrected chi connectivity index (χ1v) is 10.5. The predicted molar refractivity (Wildman–Crippen MR) is 90.5 cm³/mol. The average Bonchev–Trinajstić information content (AvgIpc) is 3.13. The van der Waals surface area contributed by atoms with Gasteiger partial charge in [-0.3, -0.25) is 0 Å². The zero-order valence-electron chi connectivity index (χ0n) is 13.7. The fourth-order valence-electron chi connectivity index (χ4n) is 3.53. The first kappa shape index (κ1) is 19.3. The lowest BCUT2D eigenvalue weighted by atomic mass is 9.92. The molecule has 11 heteroatoms. The second-order valence-electron chi connectivity index (χ2n) is 6.32. The molecule has 1 N–H and O–H groups in total. The molecule has 3 rings (SSSR count). The molecule has 3 aliphatic heterocycles. The van der Waals surface area contributed by atoms with Crippen LogP contribution in [0.15, 0.2) is 0 Å². The van der Waals surface area contributed by atoms with Gasteiger partial charge in [-0.1, -0.05) is 6.92 Å². The lowest BCUT2D eigenvalue weighted by Gasteiger charge is -2.32. The van der Waals surface area contributed by atoms with Crippen molar-refractivity contribution in [2.45, 2.75) is 61.8 Å². The van der Waals surface area contributed by atoms with E-state index in [1.807, 2.05) is 6.92 Å². The van der Waals surface area contributed by atoms with E-state index < -0.39 is 30.4 Å². The summed E-state index contributed by atoms with van der Waals surface area (Å²) in [6.45, 7) is -1.32. The van der Waals surface area contributed by atoms with Crippen molar-refractivity contribution in [1.29, 1.82) is 0 Å². The van der Waals surface area contributed by atoms with Crippen LogP contribution in [0.3, 0.4) is 0 Å². The van der Waals surface area contributed by atoms with E-state index in [-0.39, 0.29) is 31.5 Å². The van der Waals surface area contributed by atoms with Gasteiger partial charge < -0.3 is 32.9 Å². The predicted octanol–water partition coefficient (Wildman–Crippen LogP) is -0.0241. The molecule has 0 aromatic heterocycles. The minimum Gasteiger partial charge on any atom is -0.382 e. The van der Waals surface area contributed by atoms with Gasteiger partial charge in [0, 0.05) is 19.1 Å². The summed E-state index contributed by atoms with van der Waals surface area (Å²) in [5, 5.41) is 0. The Balaban J connectivity index is 1.60. The SMILES string of the molecule is [B]C1CC(OP(O)(=S)OCC23COC(C([B])O2)C3OC)C(CC)O1. The standard InChI is InChI=1S/C13H21B2O7PS/c1-3-7-8(4-9(14)20-7)22-23(16,24)19-6-13-5-18-10(11(13)17-2)12(15)21-13/h7-12H,3-6H2,1-2H3,(H,16,24). The van der Waals surface area contributed by atoms with Crippen LogP contribution in [0.2, 0.25) is 0 Å². The molecule has 24 heavy (non-hydrogen) atoms. The van der Waals surface area contributed by atoms with Crippen LogP contribution in [-0.4, -0.2) is 82.9 Å². The van der Waals surface area contributed by atoms with Crippen molar-refractivity contribution in [3.8, 4) is 0 Å². The summed E-state index contributed by atoms with van der Waals surface area (Å²) in [5.41, 5.74) is -0.887. The van der Waals surface area contributed by atoms with E-state index in [1.54, 1.807) is 7.11 Å². The van der Waals surface area contributed by atoms with Gasteiger partial charge in [0.05, 0.1) is 25.4 Å². The molecule has 8 unspecified atom stereocenters. The van der Waals surface area contributed by atoms with Gasteiger partial charge in [0.2, 0.25) is 0 Å². The van der Waals surface area contributed by atoms with Gasteiger partial charge in [-0.25, -0.2) is 0 Å². The van der Waals surface area contributed by atoms with Crippen LogP contribution in [0.5, 0.6) is 0 Å². The first-order chi connectivity index (χ1) is 11.3. The van der Waals surface area contributed by atoms with Crippen molar-refractivity contribution in [2.24, 2.45) is 0 Å². The Morgan fingerprint density at radius 3 is 2.79 bits per heavy atom. The molecule has 3 heterocycles. The monoisotopic (exact) mass is 374 g/mol. The average molecular weight is 374 g/mol. The van der Waals surface area contributed by atoms with Crippen LogP contribution < -0.4 is 0 Å². The van der Waals surface area contributed by atoms with Crippen molar-refractivity contribution in [2.75, 3.05) is 20.3 Å². The minimum atomic E-state index is -3.50. The minimum absolute atomic E-state index is 0.0279. The third kappa shape index (κ3) is 3.63. The maximum Gasteiger partial charge on any atom is 0.324 e. The highest BCUT2D eigenvalue weighted by Crippen LogP contribution is 2.50. The van der Waals surface area contributed by atoms with Crippen molar-refractivity contribution in [3.05, 3.63) is 0 Å². The number of hydrogen-bond donors (Lipinski definition) is 1. The Hall–Kier alpha value is 0.500. The van der Waals surface area contributed by atoms with Crippen molar-refractivity contribution in [1.82, 2.24) is 0 Å². The molecule has 7 nitrogen and oxygen atoms in total. The summed E-state index contributed by atoms with van der Waals surface area (Å²) >= 11 is 5.13. The molecular weight excluding hydrogens is 353 g/mol. The third-order valence-electron chi connectivity index (χ3n) is 4.66. The van der Waals surface area contributed by atoms with Crippen molar-refractivity contribution >= 4 is 34.2 Å². The summed E-state index contributed by atoms with van der Waals surface area (Å²) in [6, 6.07) is -1.03. The van der Waals surface area contributed by atoms with E-state index in [0.717, 1.165) is 0 Å². The van der Waals surface area contributed by atoms with E-state index in [9.17, 15) is 4.89 Å². The Bertz CT molecular complexity index is 515. The maximum atomic E-state index is 10.4. The van der Waals surface area contributed by atoms with E-state index in [2.05, 4.69) is 0 Å². The summed E-state index contributed by atoms with van der Waals surface area (Å²) in [6.07, 6.45) is -0.180. The highest BCUT2D eigenvalue weighted by molar-refractivity contribution is 8.07. The molecule has 3 saturated heterocycles. The topological polar surface area (TPSA) is 75.6 Å². The van der Waals surface area contributed by atoms with Gasteiger partial charge in [-0.15, -0.1) is 0 Å². The fourth-order valence-corrected chi connectivity index (χ4v) is 5.03. The Kier molecular flexibility index (Phi) is 5.82. The zero-order valence-corrected chi connectivity index (χ0v) is 15.4. The Morgan fingerprint density at radius 2 is 2.17 bits per heavy atom. The molecule has 8 atom stereocenters. The highest BCUT2D eigenvalue weighted by atomic mass is 32.5. The number of hydrogen-bond acceptors (Lipinski definition) is 7. The van der Waals surface area contributed by atoms with Crippen molar-refractivity contribution < 1.29 is 32.9 Å². The van der Waals surface area contributed by atoms with Crippen LogP contribution >= 0.6 is 6.72 Å². The van der Waals surface area contributed by atoms with Crippen LogP contribution in [0.25, 0.3) is 0 Å². The van der Waals surface area contributed by atoms with Gasteiger partial charge in [0.15, 0.2) is 0 Å². The maximum absolute atomic E-state index is 10.4. The summed E-state index contributed by atoms with van der Waals surface area (Å²) < 4.78 is 33.4. The number of ether oxygens (including phenoxy) is 4. The van der Waals surface area contributed by atoms with Gasteiger partial charge in [0.1, 0.15) is 33.5 Å². The molecule has 0 spiro atoms. The van der Waals surface area contributed by atoms with Gasteiger partial charge in [-0.05, 0) is 24.6 Å². The van der Waals surface area contributed by atoms with Gasteiger partial charge in [-0.2, -0.15) is 0 Å². The van der Waals surface area contributed by atoms with E-state index in [0.29, 0.717) is 12.8 Å². The second-order valence-corrected chi connectivity index (χ2v) is 9.11. The molecular formula is C13H21B2O7PS. The lowest BCUT2D eigenvalue weighted by Crippen LogP contribution is -2.46. The normalized spacial score (nSPS) is 47.1. The smallest absolute Gasteiger partial charge is 0.324 e. The Labute approximate surface area is 149 Å². The van der Waals surface area contributed by atoms with Crippen LogP contribution in [0.4, 0.5) is 0 Å². The molecule has 3 fully saturated rings. The summed E-state index contributed by atoms with van der Waals surface area (Å²) in [4.78, 5) is 10.4. The van der Waals surface area contributed by atoms with E-state index in [1.165, 1.54) is 0 Å². The van der Waals surface area contributed by atoms with Gasteiger partial charge >= 0.3 is 6.72 Å². The van der Waals surface area contributed by atoms with Gasteiger partial charge in [0.25, 0.3) is 0 Å². The first-order valence-electron chi connectivity index (χ1n) is 7.95. The van der Waals surface area contributed by atoms with Crippen LogP contribution in [0, 0.1) is 0 Å². The third-order valence-corrected chi connectivity index (χ3v) is 6.22. The number of fused-ring (bicyclic) bond motifs is 2. The molecule has 4 radical (unpaired) electrons. The lowest BCUT2D eigenvalue weighted by molar-refractivity contribution is -0.136. The molecule has 3 aliphatic rings. The van der Waals surface area contributed by atoms with E-state index in [4.69, 9.17) is 55.5 Å². The van der Waals surface area contributed by atoms with Crippen molar-refractivity contribution in [3.63, 3.8) is 0 Å². The molecule has 132 valence electrons. The molecule has 0 aliphatic carbocycles. The molecule has 0 amide bonds. The highest BCUT2D eigenvalue weighted by Gasteiger charge is 2.61. The number of rotatable bonds is 7. The molecule has 2 bridgehead atoms. The molecule has 0 saturated carbocycles. The number of methoxy groups -OCH3 is 1. The second kappa shape index (κ2) is 7.25. The van der Waals surface area contributed by atoms with Crippen LogP contribution in [-0.2, 0) is 39.8 Å². The van der Waals surface area contributed by atoms with E-state index >= 15 is 0 Å². The quantitative estimate of drug-likeness (QED) is 0.492. The zero-order chi connectivity index (χ0) is 17.5. The van der Waals surface area contributed by atoms with Crippen LogP contribution in [0.1, 0.15) is 19.8 Å². The summed E-state index contributed by atoms with van der Waals surface area (Å²) in [5.74, 6) is 0. The fraction of sp³-hybridized carbons (Fsp3) is 1.00.